The minimum Gasteiger partial charge on any atom is -0.481 e. The maximum atomic E-state index is 13.1. The molecule has 3 aliphatic rings. The monoisotopic (exact) mass is 438 g/mol. The summed E-state index contributed by atoms with van der Waals surface area (Å²) in [5.74, 6) is 0.521. The molecule has 4 heterocycles. The van der Waals surface area contributed by atoms with Gasteiger partial charge in [-0.25, -0.2) is 15.0 Å². The van der Waals surface area contributed by atoms with Gasteiger partial charge in [-0.3, -0.25) is 9.59 Å². The number of ether oxygens (including phenoxy) is 1. The maximum absolute atomic E-state index is 13.1. The van der Waals surface area contributed by atoms with Gasteiger partial charge in [0.15, 0.2) is 0 Å². The predicted molar refractivity (Wildman–Crippen MR) is 117 cm³/mol. The summed E-state index contributed by atoms with van der Waals surface area (Å²) in [6.07, 6.45) is 7.44. The number of hydrogen-bond acceptors (Lipinski definition) is 8. The van der Waals surface area contributed by atoms with Gasteiger partial charge >= 0.3 is 5.97 Å². The number of carbonyl (C=O) groups excluding carboxylic acids is 1. The molecule has 32 heavy (non-hydrogen) atoms. The van der Waals surface area contributed by atoms with E-state index in [1.807, 2.05) is 12.1 Å². The number of pyridine rings is 1. The number of nitrogens with zero attached hydrogens (tertiary/aromatic N) is 5. The average molecular weight is 438 g/mol. The van der Waals surface area contributed by atoms with Crippen LogP contribution < -0.4 is 20.3 Å². The normalized spacial score (nSPS) is 20.3. The van der Waals surface area contributed by atoms with Gasteiger partial charge in [0.25, 0.3) is 5.91 Å². The summed E-state index contributed by atoms with van der Waals surface area (Å²) in [6.45, 7) is 2.47. The fourth-order valence-electron chi connectivity index (χ4n) is 5.31. The summed E-state index contributed by atoms with van der Waals surface area (Å²) in [7, 11) is 0. The van der Waals surface area contributed by atoms with Crippen LogP contribution in [0, 0.1) is 11.3 Å². The standard InChI is InChI=1S/C22H26N6O4/c23-19-18-20(26-13-25-19)32-8-7-28(21(18)31)15-1-2-16(24-12-15)27-5-3-22(4-6-27)10-14(11-22)9-17(29)30/h1-2,12-14H,3-11H2,(H,29,30)(H2,23,25,26). The van der Waals surface area contributed by atoms with Gasteiger partial charge in [-0.2, -0.15) is 0 Å². The Bertz CT molecular complexity index is 1030. The molecule has 1 saturated carbocycles. The molecule has 2 aliphatic heterocycles. The second-order valence-corrected chi connectivity index (χ2v) is 8.98. The number of hydrogen-bond donors (Lipinski definition) is 2. The van der Waals surface area contributed by atoms with Crippen molar-refractivity contribution in [1.29, 1.82) is 0 Å². The van der Waals surface area contributed by atoms with Crippen LogP contribution in [0.2, 0.25) is 0 Å². The Labute approximate surface area is 185 Å². The lowest BCUT2D eigenvalue weighted by molar-refractivity contribution is -0.140. The number of amides is 1. The van der Waals surface area contributed by atoms with Crippen molar-refractivity contribution >= 4 is 29.2 Å². The second-order valence-electron chi connectivity index (χ2n) is 8.98. The Balaban J connectivity index is 1.24. The fourth-order valence-corrected chi connectivity index (χ4v) is 5.31. The highest BCUT2D eigenvalue weighted by Crippen LogP contribution is 2.53. The Morgan fingerprint density at radius 3 is 2.66 bits per heavy atom. The molecule has 2 aromatic rings. The topological polar surface area (TPSA) is 135 Å². The summed E-state index contributed by atoms with van der Waals surface area (Å²) < 4.78 is 5.58. The van der Waals surface area contributed by atoms with Gasteiger partial charge in [-0.05, 0) is 49.1 Å². The number of piperidine rings is 1. The summed E-state index contributed by atoms with van der Waals surface area (Å²) in [5, 5.41) is 8.98. The number of carboxylic acids is 1. The van der Waals surface area contributed by atoms with Gasteiger partial charge < -0.3 is 25.4 Å². The molecule has 2 aromatic heterocycles. The zero-order chi connectivity index (χ0) is 22.3. The van der Waals surface area contributed by atoms with Gasteiger partial charge in [0, 0.05) is 19.5 Å². The van der Waals surface area contributed by atoms with Crippen molar-refractivity contribution in [3.05, 3.63) is 30.2 Å². The fraction of sp³-hybridized carbons (Fsp3) is 0.500. The highest BCUT2D eigenvalue weighted by atomic mass is 16.5. The van der Waals surface area contributed by atoms with Gasteiger partial charge in [0.05, 0.1) is 18.4 Å². The summed E-state index contributed by atoms with van der Waals surface area (Å²) >= 11 is 0. The second kappa shape index (κ2) is 7.92. The maximum Gasteiger partial charge on any atom is 0.303 e. The van der Waals surface area contributed by atoms with Crippen LogP contribution in [0.5, 0.6) is 5.88 Å². The van der Waals surface area contributed by atoms with Crippen molar-refractivity contribution in [2.45, 2.75) is 32.1 Å². The third kappa shape index (κ3) is 3.69. The van der Waals surface area contributed by atoms with Crippen LogP contribution in [0.15, 0.2) is 24.7 Å². The molecule has 10 nitrogen and oxygen atoms in total. The molecule has 10 heteroatoms. The number of carboxylic acid groups (broad SMARTS) is 1. The Morgan fingerprint density at radius 1 is 1.19 bits per heavy atom. The first-order valence-electron chi connectivity index (χ1n) is 10.9. The van der Waals surface area contributed by atoms with Crippen molar-refractivity contribution in [3.8, 4) is 5.88 Å². The number of fused-ring (bicyclic) bond motifs is 1. The highest BCUT2D eigenvalue weighted by Gasteiger charge is 2.46. The number of anilines is 3. The van der Waals surface area contributed by atoms with Crippen molar-refractivity contribution < 1.29 is 19.4 Å². The first-order chi connectivity index (χ1) is 15.4. The molecule has 168 valence electrons. The van der Waals surface area contributed by atoms with E-state index < -0.39 is 5.97 Å². The van der Waals surface area contributed by atoms with Gasteiger partial charge in [0.2, 0.25) is 5.88 Å². The van der Waals surface area contributed by atoms with Crippen LogP contribution in [0.3, 0.4) is 0 Å². The first-order valence-corrected chi connectivity index (χ1v) is 10.9. The smallest absolute Gasteiger partial charge is 0.303 e. The Hall–Kier alpha value is -3.43. The quantitative estimate of drug-likeness (QED) is 0.734. The van der Waals surface area contributed by atoms with Gasteiger partial charge in [-0.15, -0.1) is 0 Å². The molecular formula is C22H26N6O4. The zero-order valence-corrected chi connectivity index (χ0v) is 17.7. The molecule has 0 aromatic carbocycles. The van der Waals surface area contributed by atoms with E-state index in [0.29, 0.717) is 30.2 Å². The molecule has 1 amide bonds. The van der Waals surface area contributed by atoms with E-state index in [1.165, 1.54) is 6.33 Å². The first kappa shape index (κ1) is 20.5. The molecule has 0 bridgehead atoms. The van der Waals surface area contributed by atoms with E-state index in [1.54, 1.807) is 11.1 Å². The third-order valence-electron chi connectivity index (χ3n) is 6.95. The lowest BCUT2D eigenvalue weighted by Crippen LogP contribution is -2.47. The minimum atomic E-state index is -0.695. The van der Waals surface area contributed by atoms with Crippen molar-refractivity contribution in [2.24, 2.45) is 11.3 Å². The van der Waals surface area contributed by atoms with E-state index >= 15 is 0 Å². The van der Waals surface area contributed by atoms with E-state index in [-0.39, 0.29) is 29.6 Å². The largest absolute Gasteiger partial charge is 0.481 e. The minimum absolute atomic E-state index is 0.0975. The summed E-state index contributed by atoms with van der Waals surface area (Å²) in [4.78, 5) is 40.4. The van der Waals surface area contributed by atoms with Gasteiger partial charge in [0.1, 0.15) is 30.1 Å². The Kier molecular flexibility index (Phi) is 5.07. The molecule has 1 saturated heterocycles. The third-order valence-corrected chi connectivity index (χ3v) is 6.95. The number of nitrogen functional groups attached to an aromatic ring is 1. The summed E-state index contributed by atoms with van der Waals surface area (Å²) in [5.41, 5.74) is 7.06. The molecule has 1 aliphatic carbocycles. The number of aromatic nitrogens is 3. The molecule has 1 spiro atoms. The molecular weight excluding hydrogens is 412 g/mol. The molecule has 0 atom stereocenters. The SMILES string of the molecule is Nc1ncnc2c1C(=O)N(c1ccc(N3CCC4(CC3)CC(CC(=O)O)C4)nc1)CCO2. The molecule has 3 N–H and O–H groups in total. The number of rotatable bonds is 4. The Morgan fingerprint density at radius 2 is 1.97 bits per heavy atom. The van der Waals surface area contributed by atoms with E-state index in [0.717, 1.165) is 44.6 Å². The van der Waals surface area contributed by atoms with Crippen molar-refractivity contribution in [1.82, 2.24) is 15.0 Å². The van der Waals surface area contributed by atoms with Crippen LogP contribution in [0.1, 0.15) is 42.5 Å². The van der Waals surface area contributed by atoms with Crippen LogP contribution in [-0.2, 0) is 4.79 Å². The molecule has 2 fully saturated rings. The van der Waals surface area contributed by atoms with E-state index in [9.17, 15) is 9.59 Å². The van der Waals surface area contributed by atoms with Crippen LogP contribution in [0.25, 0.3) is 0 Å². The van der Waals surface area contributed by atoms with Crippen LogP contribution in [-0.4, -0.2) is 58.2 Å². The van der Waals surface area contributed by atoms with E-state index in [2.05, 4.69) is 19.9 Å². The van der Waals surface area contributed by atoms with E-state index in [4.69, 9.17) is 15.6 Å². The molecule has 0 unspecified atom stereocenters. The lowest BCUT2D eigenvalue weighted by Gasteiger charge is -2.52. The number of aliphatic carboxylic acids is 1. The number of nitrogens with two attached hydrogens (primary N) is 1. The van der Waals surface area contributed by atoms with Crippen LogP contribution >= 0.6 is 0 Å². The lowest BCUT2D eigenvalue weighted by atomic mass is 9.57. The summed E-state index contributed by atoms with van der Waals surface area (Å²) in [6, 6.07) is 3.83. The van der Waals surface area contributed by atoms with Crippen LogP contribution in [0.4, 0.5) is 17.3 Å². The molecule has 5 rings (SSSR count). The van der Waals surface area contributed by atoms with Crippen molar-refractivity contribution in [2.75, 3.05) is 41.8 Å². The highest BCUT2D eigenvalue weighted by molar-refractivity contribution is 6.10. The van der Waals surface area contributed by atoms with Gasteiger partial charge in [-0.1, -0.05) is 0 Å². The number of carbonyl (C=O) groups is 2. The zero-order valence-electron chi connectivity index (χ0n) is 17.7. The van der Waals surface area contributed by atoms with Crippen molar-refractivity contribution in [3.63, 3.8) is 0 Å². The average Bonchev–Trinajstić information content (AvgIpc) is 2.92. The molecule has 0 radical (unpaired) electrons. The predicted octanol–water partition coefficient (Wildman–Crippen LogP) is 1.96.